The van der Waals surface area contributed by atoms with Crippen molar-refractivity contribution in [1.82, 2.24) is 9.78 Å². The Morgan fingerprint density at radius 3 is 1.31 bits per heavy atom. The lowest BCUT2D eigenvalue weighted by Gasteiger charge is -2.42. The van der Waals surface area contributed by atoms with Gasteiger partial charge in [0.05, 0.1) is 0 Å². The molecule has 8 nitrogen and oxygen atoms in total. The van der Waals surface area contributed by atoms with Crippen molar-refractivity contribution in [1.29, 1.82) is 0 Å². The van der Waals surface area contributed by atoms with Crippen LogP contribution in [-0.2, 0) is 27.1 Å². The van der Waals surface area contributed by atoms with Crippen LogP contribution in [0.25, 0.3) is 0 Å². The summed E-state index contributed by atoms with van der Waals surface area (Å²) < 4.78 is 271. The Labute approximate surface area is 206 Å². The van der Waals surface area contributed by atoms with E-state index in [0.29, 0.717) is 7.05 Å². The number of rotatable bonds is 9. The van der Waals surface area contributed by atoms with Crippen LogP contribution in [0, 0.1) is 0 Å². The Kier molecular flexibility index (Phi) is 8.10. The van der Waals surface area contributed by atoms with Crippen LogP contribution in [0.1, 0.15) is 0 Å². The van der Waals surface area contributed by atoms with Crippen LogP contribution < -0.4 is 9.94 Å². The van der Waals surface area contributed by atoms with E-state index in [1.807, 2.05) is 0 Å². The van der Waals surface area contributed by atoms with Crippen molar-refractivity contribution in [3.63, 3.8) is 0 Å². The highest BCUT2D eigenvalue weighted by molar-refractivity contribution is 7.91. The van der Waals surface area contributed by atoms with Gasteiger partial charge in [-0.25, -0.2) is 18.2 Å². The van der Waals surface area contributed by atoms with Crippen molar-refractivity contribution in [2.45, 2.75) is 51.3 Å². The number of alkyl halides is 17. The average molecular weight is 676 g/mol. The van der Waals surface area contributed by atoms with Crippen LogP contribution >= 0.6 is 11.3 Å². The summed E-state index contributed by atoms with van der Waals surface area (Å²) in [5.41, 5.74) is 0. The van der Waals surface area contributed by atoms with E-state index in [1.165, 1.54) is 0 Å². The minimum atomic E-state index is -8.99. The second-order valence-electron chi connectivity index (χ2n) is 6.85. The van der Waals surface area contributed by atoms with Crippen LogP contribution in [-0.4, -0.2) is 73.6 Å². The molecule has 0 amide bonds. The maximum Gasteiger partial charge on any atom is 0.460 e. The van der Waals surface area contributed by atoms with Gasteiger partial charge in [0, 0.05) is 7.05 Å². The summed E-state index contributed by atoms with van der Waals surface area (Å²) in [5.74, 6) is -52.5. The first-order chi connectivity index (χ1) is 16.6. The van der Waals surface area contributed by atoms with Gasteiger partial charge in [0.25, 0.3) is 10.0 Å². The highest BCUT2D eigenvalue weighted by Gasteiger charge is 2.96. The van der Waals surface area contributed by atoms with E-state index in [-0.39, 0.29) is 4.68 Å². The fourth-order valence-electron chi connectivity index (χ4n) is 1.99. The molecular formula is C11H5F17N4O4S3. The number of aromatic nitrogens is 2. The van der Waals surface area contributed by atoms with Crippen molar-refractivity contribution in [3.8, 4) is 0 Å². The SMILES string of the molecule is Cn1nc(S(N)(=O)=O)s/c1=N/S(=O)(=O)C(F)(F)C(F)(F)C(F)(F)C(F)(F)C(F)(F)C(F)(F)C(F)(F)C(F)(F)F. The molecule has 39 heavy (non-hydrogen) atoms. The van der Waals surface area contributed by atoms with Crippen molar-refractivity contribution in [2.24, 2.45) is 16.6 Å². The van der Waals surface area contributed by atoms with Gasteiger partial charge < -0.3 is 0 Å². The van der Waals surface area contributed by atoms with Gasteiger partial charge in [0.1, 0.15) is 0 Å². The Morgan fingerprint density at radius 2 is 1.00 bits per heavy atom. The number of nitrogens with two attached hydrogens (primary N) is 1. The summed E-state index contributed by atoms with van der Waals surface area (Å²) >= 11 is -0.684. The second-order valence-corrected chi connectivity index (χ2v) is 11.2. The molecule has 1 rings (SSSR count). The normalized spacial score (nSPS) is 16.6. The Bertz CT molecular complexity index is 1390. The van der Waals surface area contributed by atoms with Gasteiger partial charge in [-0.2, -0.15) is 83.1 Å². The molecule has 0 aliphatic rings. The number of halogens is 17. The fraction of sp³-hybridized carbons (Fsp3) is 0.818. The Hall–Kier alpha value is -1.97. The van der Waals surface area contributed by atoms with Gasteiger partial charge >= 0.3 is 57.0 Å². The van der Waals surface area contributed by atoms with E-state index in [0.717, 1.165) is 0 Å². The topological polar surface area (TPSA) is 124 Å². The van der Waals surface area contributed by atoms with Crippen LogP contribution in [0.15, 0.2) is 8.74 Å². The molecule has 0 fully saturated rings. The molecule has 230 valence electrons. The molecule has 2 N–H and O–H groups in total. The molecule has 0 unspecified atom stereocenters. The Morgan fingerprint density at radius 1 is 0.667 bits per heavy atom. The van der Waals surface area contributed by atoms with Gasteiger partial charge in [0.15, 0.2) is 0 Å². The molecule has 0 spiro atoms. The summed E-state index contributed by atoms with van der Waals surface area (Å²) in [4.78, 5) is -1.79. The lowest BCUT2D eigenvalue weighted by atomic mass is 9.91. The van der Waals surface area contributed by atoms with Gasteiger partial charge in [-0.05, 0) is 0 Å². The van der Waals surface area contributed by atoms with Gasteiger partial charge in [0.2, 0.25) is 9.14 Å². The standard InChI is InChI=1S/C11H5F17N4O4S3/c1-32-2(37-3(30-32)38(29,33)34)31-39(35,36)11(27,28)9(22,23)7(18,19)5(14,15)4(12,13)6(16,17)8(20,21)10(24,25)26/h1H3,(H2,29,33,34)/b31-2+. The molecule has 0 aliphatic heterocycles. The van der Waals surface area contributed by atoms with Crippen LogP contribution in [0.5, 0.6) is 0 Å². The van der Waals surface area contributed by atoms with Crippen molar-refractivity contribution in [3.05, 3.63) is 4.80 Å². The van der Waals surface area contributed by atoms with Crippen molar-refractivity contribution in [2.75, 3.05) is 0 Å². The van der Waals surface area contributed by atoms with E-state index in [4.69, 9.17) is 0 Å². The largest absolute Gasteiger partial charge is 0.460 e. The highest BCUT2D eigenvalue weighted by Crippen LogP contribution is 2.64. The summed E-state index contributed by atoms with van der Waals surface area (Å²) in [6.45, 7) is 0. The van der Waals surface area contributed by atoms with Crippen LogP contribution in [0.3, 0.4) is 0 Å². The zero-order chi connectivity index (χ0) is 31.9. The number of hydrogen-bond donors (Lipinski definition) is 1. The lowest BCUT2D eigenvalue weighted by Crippen LogP contribution is -2.74. The first kappa shape index (κ1) is 35.1. The molecule has 0 bridgehead atoms. The molecule has 0 radical (unpaired) electrons. The predicted molar refractivity (Wildman–Crippen MR) is 87.6 cm³/mol. The first-order valence-electron chi connectivity index (χ1n) is 8.18. The minimum absolute atomic E-state index is 0.184. The monoisotopic (exact) mass is 676 g/mol. The van der Waals surface area contributed by atoms with Crippen LogP contribution in [0.4, 0.5) is 74.6 Å². The maximum atomic E-state index is 14.0. The number of sulfonamides is 2. The molecule has 1 aromatic rings. The third-order valence-corrected chi connectivity index (χ3v) is 7.89. The van der Waals surface area contributed by atoms with E-state index in [2.05, 4.69) is 10.2 Å². The minimum Gasteiger partial charge on any atom is -0.239 e. The smallest absolute Gasteiger partial charge is 0.239 e. The van der Waals surface area contributed by atoms with E-state index in [1.54, 1.807) is 4.40 Å². The summed E-state index contributed by atoms with van der Waals surface area (Å²) in [5, 5.41) is -0.562. The highest BCUT2D eigenvalue weighted by atomic mass is 32.2. The molecule has 0 atom stereocenters. The molecule has 1 aromatic heterocycles. The summed E-state index contributed by atoms with van der Waals surface area (Å²) in [6.07, 6.45) is -7.94. The molecule has 0 aliphatic carbocycles. The summed E-state index contributed by atoms with van der Waals surface area (Å²) in [7, 11) is -12.4. The molecule has 0 saturated carbocycles. The zero-order valence-electron chi connectivity index (χ0n) is 17.2. The zero-order valence-corrected chi connectivity index (χ0v) is 19.7. The number of hydrogen-bond acceptors (Lipinski definition) is 6. The molecule has 0 saturated heterocycles. The third-order valence-electron chi connectivity index (χ3n) is 4.15. The quantitative estimate of drug-likeness (QED) is 0.402. The Balaban J connectivity index is 3.87. The van der Waals surface area contributed by atoms with Crippen molar-refractivity contribution < 1.29 is 91.5 Å². The molecule has 1 heterocycles. The van der Waals surface area contributed by atoms with E-state index in [9.17, 15) is 91.5 Å². The van der Waals surface area contributed by atoms with Gasteiger partial charge in [-0.1, -0.05) is 11.3 Å². The lowest BCUT2D eigenvalue weighted by molar-refractivity contribution is -0.458. The number of aryl methyl sites for hydroxylation is 1. The molecular weight excluding hydrogens is 671 g/mol. The number of nitrogens with zero attached hydrogens (tertiary/aromatic N) is 3. The molecule has 0 aromatic carbocycles. The van der Waals surface area contributed by atoms with Gasteiger partial charge in [-0.3, -0.25) is 0 Å². The average Bonchev–Trinajstić information content (AvgIpc) is 3.06. The van der Waals surface area contributed by atoms with Crippen molar-refractivity contribution >= 4 is 31.4 Å². The predicted octanol–water partition coefficient (Wildman–Crippen LogP) is 3.33. The third kappa shape index (κ3) is 4.82. The fourth-order valence-corrected chi connectivity index (χ4v) is 4.75. The van der Waals surface area contributed by atoms with E-state index >= 15 is 0 Å². The van der Waals surface area contributed by atoms with Crippen LogP contribution in [0.2, 0.25) is 0 Å². The van der Waals surface area contributed by atoms with E-state index < -0.39 is 87.5 Å². The van der Waals surface area contributed by atoms with Gasteiger partial charge in [-0.15, -0.1) is 9.50 Å². The second kappa shape index (κ2) is 9.02. The molecule has 28 heteroatoms. The summed E-state index contributed by atoms with van der Waals surface area (Å²) in [6, 6.07) is 0. The first-order valence-corrected chi connectivity index (χ1v) is 12.0. The number of primary sulfonamides is 1. The maximum absolute atomic E-state index is 14.0.